The lowest BCUT2D eigenvalue weighted by Gasteiger charge is -2.19. The average Bonchev–Trinajstić information content (AvgIpc) is 3.76. The van der Waals surface area contributed by atoms with Crippen molar-refractivity contribution in [3.63, 3.8) is 0 Å². The van der Waals surface area contributed by atoms with Gasteiger partial charge in [0.2, 0.25) is 5.91 Å². The van der Waals surface area contributed by atoms with Gasteiger partial charge in [-0.05, 0) is 91.7 Å². The molecule has 1 aliphatic heterocycles. The first-order valence-electron chi connectivity index (χ1n) is 13.4. The molecule has 45 heavy (non-hydrogen) atoms. The van der Waals surface area contributed by atoms with Crippen LogP contribution in [0.5, 0.6) is 5.75 Å². The summed E-state index contributed by atoms with van der Waals surface area (Å²) in [5, 5.41) is 7.44. The summed E-state index contributed by atoms with van der Waals surface area (Å²) in [4.78, 5) is 35.9. The van der Waals surface area contributed by atoms with E-state index in [1.165, 1.54) is 51.9 Å². The fraction of sp³-hybridized carbons (Fsp3) is 0.129. The highest BCUT2D eigenvalue weighted by Crippen LogP contribution is 2.37. The maximum atomic E-state index is 13.0. The Kier molecular flexibility index (Phi) is 7.89. The quantitative estimate of drug-likeness (QED) is 0.208. The summed E-state index contributed by atoms with van der Waals surface area (Å²) in [6.45, 7) is 3.71. The van der Waals surface area contributed by atoms with Gasteiger partial charge in [-0.2, -0.15) is 4.99 Å². The van der Waals surface area contributed by atoms with Gasteiger partial charge in [-0.1, -0.05) is 17.8 Å². The van der Waals surface area contributed by atoms with Crippen LogP contribution in [0.4, 0.5) is 29.3 Å². The number of aliphatic imine (C=N–C) groups is 1. The molecule has 1 fully saturated rings. The topological polar surface area (TPSA) is 115 Å². The number of halogens is 3. The van der Waals surface area contributed by atoms with Gasteiger partial charge in [0.25, 0.3) is 0 Å². The number of benzene rings is 3. The van der Waals surface area contributed by atoms with E-state index in [1.807, 2.05) is 25.1 Å². The van der Waals surface area contributed by atoms with Crippen LogP contribution >= 0.6 is 11.8 Å². The van der Waals surface area contributed by atoms with Crippen molar-refractivity contribution < 1.29 is 31.9 Å². The molecule has 1 aliphatic rings. The minimum atomic E-state index is -4.78. The number of rotatable bonds is 6. The number of alkyl halides is 3. The third kappa shape index (κ3) is 6.60. The first kappa shape index (κ1) is 29.7. The summed E-state index contributed by atoms with van der Waals surface area (Å²) in [5.74, 6) is 0.541. The molecule has 14 heteroatoms. The number of aromatic nitrogens is 3. The lowest BCUT2D eigenvalue weighted by molar-refractivity contribution is -0.274. The van der Waals surface area contributed by atoms with Crippen molar-refractivity contribution in [2.24, 2.45) is 4.99 Å². The number of ether oxygens (including phenoxy) is 1. The Labute approximate surface area is 258 Å². The van der Waals surface area contributed by atoms with Crippen LogP contribution < -0.4 is 15.0 Å². The molecule has 0 atom stereocenters. The van der Waals surface area contributed by atoms with E-state index in [4.69, 9.17) is 4.42 Å². The monoisotopic (exact) mass is 632 g/mol. The van der Waals surface area contributed by atoms with Crippen LogP contribution in [0.1, 0.15) is 11.1 Å². The number of carbonyl (C=O) groups is 2. The molecule has 10 nitrogen and oxygen atoms in total. The molecular formula is C31H23F3N6O4S. The SMILES string of the molecule is Cc1ccc(-c2ccco2)c(N2C(=O)CS/C2=N\C(=O)Nc2ccc(-c3ncn(-c4ccc(OC(F)(F)F)cc4)n3)cc2C)c1. The van der Waals surface area contributed by atoms with Gasteiger partial charge in [0, 0.05) is 16.8 Å². The molecular weight excluding hydrogens is 609 g/mol. The molecule has 5 aromatic rings. The Morgan fingerprint density at radius 3 is 2.58 bits per heavy atom. The van der Waals surface area contributed by atoms with Crippen LogP contribution in [0.15, 0.2) is 94.8 Å². The molecule has 1 saturated heterocycles. The van der Waals surface area contributed by atoms with Gasteiger partial charge in [0.05, 0.1) is 23.4 Å². The number of hydrogen-bond donors (Lipinski definition) is 1. The van der Waals surface area contributed by atoms with Crippen LogP contribution in [0.3, 0.4) is 0 Å². The van der Waals surface area contributed by atoms with E-state index in [0.29, 0.717) is 45.3 Å². The van der Waals surface area contributed by atoms with Crippen molar-refractivity contribution in [3.05, 3.63) is 96.5 Å². The lowest BCUT2D eigenvalue weighted by atomic mass is 10.1. The zero-order valence-corrected chi connectivity index (χ0v) is 24.5. The lowest BCUT2D eigenvalue weighted by Crippen LogP contribution is -2.30. The Morgan fingerprint density at radius 1 is 1.07 bits per heavy atom. The number of furan rings is 1. The predicted octanol–water partition coefficient (Wildman–Crippen LogP) is 7.38. The molecule has 3 amide bonds. The van der Waals surface area contributed by atoms with Gasteiger partial charge in [-0.15, -0.1) is 18.3 Å². The fourth-order valence-corrected chi connectivity index (χ4v) is 5.50. The maximum Gasteiger partial charge on any atom is 0.573 e. The van der Waals surface area contributed by atoms with Crippen molar-refractivity contribution in [1.29, 1.82) is 0 Å². The van der Waals surface area contributed by atoms with Crippen LogP contribution in [-0.4, -0.2) is 44.0 Å². The maximum absolute atomic E-state index is 13.0. The summed E-state index contributed by atoms with van der Waals surface area (Å²) in [6.07, 6.45) is -1.79. The Morgan fingerprint density at radius 2 is 1.87 bits per heavy atom. The summed E-state index contributed by atoms with van der Waals surface area (Å²) in [5.41, 5.74) is 4.55. The number of nitrogens with one attached hydrogen (secondary N) is 1. The van der Waals surface area contributed by atoms with E-state index in [0.717, 1.165) is 5.56 Å². The van der Waals surface area contributed by atoms with Gasteiger partial charge in [-0.25, -0.2) is 14.5 Å². The summed E-state index contributed by atoms with van der Waals surface area (Å²) in [6, 6.07) is 19.0. The standard InChI is InChI=1S/C31H23F3N6O4S/c1-18-5-11-23(26-4-3-13-43-26)25(14-18)40-27(41)16-45-30(40)37-29(42)36-24-12-6-20(15-19(24)2)28-35-17-39(38-28)21-7-9-22(10-8-21)44-31(32,33)34/h3-15,17H,16H2,1-2H3,(H,36,42)/b37-30-. The van der Waals surface area contributed by atoms with E-state index in [9.17, 15) is 22.8 Å². The smallest absolute Gasteiger partial charge is 0.464 e. The second-order valence-electron chi connectivity index (χ2n) is 9.92. The fourth-order valence-electron chi connectivity index (χ4n) is 4.64. The predicted molar refractivity (Wildman–Crippen MR) is 163 cm³/mol. The van der Waals surface area contributed by atoms with Crippen molar-refractivity contribution in [3.8, 4) is 34.1 Å². The molecule has 3 heterocycles. The number of thioether (sulfide) groups is 1. The van der Waals surface area contributed by atoms with Crippen molar-refractivity contribution in [2.45, 2.75) is 20.2 Å². The zero-order chi connectivity index (χ0) is 31.7. The van der Waals surface area contributed by atoms with Crippen molar-refractivity contribution in [1.82, 2.24) is 14.8 Å². The molecule has 3 aromatic carbocycles. The molecule has 6 rings (SSSR count). The molecule has 0 spiro atoms. The van der Waals surface area contributed by atoms with E-state index >= 15 is 0 Å². The normalized spacial score (nSPS) is 14.3. The Balaban J connectivity index is 1.18. The van der Waals surface area contributed by atoms with E-state index in [1.54, 1.807) is 43.5 Å². The number of amidine groups is 1. The Hall–Kier alpha value is -5.37. The van der Waals surface area contributed by atoms with Gasteiger partial charge in [0.1, 0.15) is 17.8 Å². The van der Waals surface area contributed by atoms with Crippen LogP contribution in [0.25, 0.3) is 28.4 Å². The van der Waals surface area contributed by atoms with Gasteiger partial charge in [0.15, 0.2) is 11.0 Å². The minimum Gasteiger partial charge on any atom is -0.464 e. The molecule has 1 N–H and O–H groups in total. The zero-order valence-electron chi connectivity index (χ0n) is 23.7. The van der Waals surface area contributed by atoms with Crippen molar-refractivity contribution >= 4 is 40.2 Å². The number of anilines is 2. The highest BCUT2D eigenvalue weighted by Gasteiger charge is 2.33. The van der Waals surface area contributed by atoms with Crippen LogP contribution in [-0.2, 0) is 4.79 Å². The second kappa shape index (κ2) is 12.0. The van der Waals surface area contributed by atoms with Gasteiger partial charge >= 0.3 is 12.4 Å². The first-order valence-corrected chi connectivity index (χ1v) is 14.4. The molecule has 0 bridgehead atoms. The van der Waals surface area contributed by atoms with E-state index in [-0.39, 0.29) is 22.6 Å². The molecule has 0 radical (unpaired) electrons. The highest BCUT2D eigenvalue weighted by atomic mass is 32.2. The molecule has 0 aliphatic carbocycles. The molecule has 0 saturated carbocycles. The summed E-state index contributed by atoms with van der Waals surface area (Å²) >= 11 is 1.17. The van der Waals surface area contributed by atoms with Crippen LogP contribution in [0, 0.1) is 13.8 Å². The number of urea groups is 1. The van der Waals surface area contributed by atoms with Gasteiger partial charge in [-0.3, -0.25) is 9.69 Å². The van der Waals surface area contributed by atoms with Gasteiger partial charge < -0.3 is 14.5 Å². The Bertz CT molecular complexity index is 1920. The van der Waals surface area contributed by atoms with Crippen LogP contribution in [0.2, 0.25) is 0 Å². The second-order valence-corrected chi connectivity index (χ2v) is 10.9. The average molecular weight is 633 g/mol. The van der Waals surface area contributed by atoms with E-state index in [2.05, 4.69) is 25.1 Å². The highest BCUT2D eigenvalue weighted by molar-refractivity contribution is 8.15. The largest absolute Gasteiger partial charge is 0.573 e. The number of hydrogen-bond acceptors (Lipinski definition) is 7. The number of carbonyl (C=O) groups excluding carboxylic acids is 2. The molecule has 228 valence electrons. The molecule has 0 unspecified atom stereocenters. The number of amides is 3. The summed E-state index contributed by atoms with van der Waals surface area (Å²) < 4.78 is 48.2. The third-order valence-corrected chi connectivity index (χ3v) is 7.62. The molecule has 2 aromatic heterocycles. The summed E-state index contributed by atoms with van der Waals surface area (Å²) in [7, 11) is 0. The number of nitrogens with zero attached hydrogens (tertiary/aromatic N) is 5. The number of aryl methyl sites for hydroxylation is 2. The van der Waals surface area contributed by atoms with Crippen molar-refractivity contribution in [2.75, 3.05) is 16.0 Å². The first-order chi connectivity index (χ1) is 21.5. The van der Waals surface area contributed by atoms with E-state index < -0.39 is 12.4 Å². The minimum absolute atomic E-state index is 0.135. The third-order valence-electron chi connectivity index (χ3n) is 6.70.